The molecule has 0 aromatic heterocycles. The third-order valence-electron chi connectivity index (χ3n) is 4.25. The van der Waals surface area contributed by atoms with E-state index in [9.17, 15) is 0 Å². The fourth-order valence-corrected chi connectivity index (χ4v) is 3.19. The Hall–Kier alpha value is -0.820. The number of benzene rings is 1. The highest BCUT2D eigenvalue weighted by Gasteiger charge is 2.16. The van der Waals surface area contributed by atoms with Crippen LogP contribution in [0.3, 0.4) is 0 Å². The molecule has 1 unspecified atom stereocenters. The lowest BCUT2D eigenvalue weighted by Gasteiger charge is -2.24. The third kappa shape index (κ3) is 4.45. The summed E-state index contributed by atoms with van der Waals surface area (Å²) in [6, 6.07) is 9.21. The fourth-order valence-electron chi connectivity index (χ4n) is 3.19. The van der Waals surface area contributed by atoms with E-state index < -0.39 is 0 Å². The summed E-state index contributed by atoms with van der Waals surface area (Å²) in [7, 11) is 0. The van der Waals surface area contributed by atoms with Crippen LogP contribution in [0.15, 0.2) is 24.3 Å². The molecule has 2 N–H and O–H groups in total. The van der Waals surface area contributed by atoms with E-state index in [2.05, 4.69) is 31.2 Å². The molecule has 1 heteroatoms. The third-order valence-corrected chi connectivity index (χ3v) is 4.25. The summed E-state index contributed by atoms with van der Waals surface area (Å²) in [4.78, 5) is 0. The second-order valence-corrected chi connectivity index (χ2v) is 6.03. The molecule has 1 fully saturated rings. The summed E-state index contributed by atoms with van der Waals surface area (Å²) in [5, 5.41) is 0. The molecule has 1 aliphatic carbocycles. The Morgan fingerprint density at radius 3 is 2.72 bits per heavy atom. The summed E-state index contributed by atoms with van der Waals surface area (Å²) >= 11 is 0. The topological polar surface area (TPSA) is 26.0 Å². The van der Waals surface area contributed by atoms with Crippen molar-refractivity contribution in [2.75, 3.05) is 0 Å². The van der Waals surface area contributed by atoms with Gasteiger partial charge in [-0.15, -0.1) is 0 Å². The molecule has 1 atom stereocenters. The number of hydrogen-bond donors (Lipinski definition) is 1. The Morgan fingerprint density at radius 2 is 2.00 bits per heavy atom. The van der Waals surface area contributed by atoms with E-state index in [4.69, 9.17) is 5.73 Å². The van der Waals surface area contributed by atoms with Crippen molar-refractivity contribution in [1.29, 1.82) is 0 Å². The van der Waals surface area contributed by atoms with E-state index in [1.54, 1.807) is 0 Å². The molecule has 0 aliphatic heterocycles. The van der Waals surface area contributed by atoms with Gasteiger partial charge in [0.1, 0.15) is 0 Å². The van der Waals surface area contributed by atoms with Crippen molar-refractivity contribution in [1.82, 2.24) is 0 Å². The van der Waals surface area contributed by atoms with Crippen molar-refractivity contribution >= 4 is 0 Å². The maximum Gasteiger partial charge on any atom is 0.00446 e. The highest BCUT2D eigenvalue weighted by Crippen LogP contribution is 2.27. The predicted molar refractivity (Wildman–Crippen MR) is 78.7 cm³/mol. The molecule has 0 amide bonds. The van der Waals surface area contributed by atoms with E-state index >= 15 is 0 Å². The van der Waals surface area contributed by atoms with Gasteiger partial charge in [-0.25, -0.2) is 0 Å². The van der Waals surface area contributed by atoms with Crippen LogP contribution in [0.1, 0.15) is 56.1 Å². The lowest BCUT2D eigenvalue weighted by Crippen LogP contribution is -2.25. The molecular formula is C17H27N. The van der Waals surface area contributed by atoms with Crippen LogP contribution >= 0.6 is 0 Å². The molecule has 0 saturated heterocycles. The van der Waals surface area contributed by atoms with E-state index in [1.807, 2.05) is 0 Å². The van der Waals surface area contributed by atoms with Crippen LogP contribution in [0.25, 0.3) is 0 Å². The van der Waals surface area contributed by atoms with Crippen molar-refractivity contribution in [2.24, 2.45) is 11.7 Å². The van der Waals surface area contributed by atoms with E-state index in [0.29, 0.717) is 6.04 Å². The SMILES string of the molecule is Cc1cccc(CCC(N)CC2CCCCC2)c1. The molecule has 2 rings (SSSR count). The van der Waals surface area contributed by atoms with E-state index in [-0.39, 0.29) is 0 Å². The van der Waals surface area contributed by atoms with Gasteiger partial charge in [0, 0.05) is 6.04 Å². The first-order valence-electron chi connectivity index (χ1n) is 7.55. The Morgan fingerprint density at radius 1 is 1.22 bits per heavy atom. The minimum Gasteiger partial charge on any atom is -0.328 e. The van der Waals surface area contributed by atoms with Crippen LogP contribution in [0.5, 0.6) is 0 Å². The number of aryl methyl sites for hydroxylation is 2. The molecule has 1 saturated carbocycles. The van der Waals surface area contributed by atoms with Crippen molar-refractivity contribution in [3.8, 4) is 0 Å². The van der Waals surface area contributed by atoms with Crippen LogP contribution in [-0.4, -0.2) is 6.04 Å². The summed E-state index contributed by atoms with van der Waals surface area (Å²) in [5.74, 6) is 0.909. The van der Waals surface area contributed by atoms with Gasteiger partial charge in [0.25, 0.3) is 0 Å². The predicted octanol–water partition coefficient (Wildman–Crippen LogP) is 4.23. The van der Waals surface area contributed by atoms with Gasteiger partial charge in [0.2, 0.25) is 0 Å². The average Bonchev–Trinajstić information content (AvgIpc) is 2.38. The molecule has 1 aromatic rings. The first-order chi connectivity index (χ1) is 8.74. The molecular weight excluding hydrogens is 218 g/mol. The molecule has 100 valence electrons. The largest absolute Gasteiger partial charge is 0.328 e. The van der Waals surface area contributed by atoms with Gasteiger partial charge in [0.15, 0.2) is 0 Å². The van der Waals surface area contributed by atoms with Gasteiger partial charge in [-0.1, -0.05) is 61.9 Å². The summed E-state index contributed by atoms with van der Waals surface area (Å²) in [5.41, 5.74) is 9.08. The molecule has 1 aliphatic rings. The fraction of sp³-hybridized carbons (Fsp3) is 0.647. The Kier molecular flexibility index (Phi) is 5.25. The normalized spacial score (nSPS) is 18.8. The quantitative estimate of drug-likeness (QED) is 0.825. The lowest BCUT2D eigenvalue weighted by molar-refractivity contribution is 0.312. The van der Waals surface area contributed by atoms with Gasteiger partial charge in [0.05, 0.1) is 0 Å². The minimum absolute atomic E-state index is 0.397. The highest BCUT2D eigenvalue weighted by atomic mass is 14.6. The second kappa shape index (κ2) is 6.94. The Balaban J connectivity index is 1.72. The van der Waals surface area contributed by atoms with Crippen LogP contribution in [0.2, 0.25) is 0 Å². The zero-order valence-corrected chi connectivity index (χ0v) is 11.7. The number of nitrogens with two attached hydrogens (primary N) is 1. The molecule has 1 nitrogen and oxygen atoms in total. The van der Waals surface area contributed by atoms with Crippen molar-refractivity contribution in [3.05, 3.63) is 35.4 Å². The van der Waals surface area contributed by atoms with Crippen LogP contribution in [0.4, 0.5) is 0 Å². The highest BCUT2D eigenvalue weighted by molar-refractivity contribution is 5.22. The summed E-state index contributed by atoms with van der Waals surface area (Å²) in [6.07, 6.45) is 10.6. The molecule has 0 heterocycles. The molecule has 0 radical (unpaired) electrons. The maximum atomic E-state index is 6.29. The first kappa shape index (κ1) is 13.6. The zero-order chi connectivity index (χ0) is 12.8. The van der Waals surface area contributed by atoms with Gasteiger partial charge in [-0.3, -0.25) is 0 Å². The Labute approximate surface area is 112 Å². The standard InChI is InChI=1S/C17H27N/c1-14-6-5-9-16(12-14)10-11-17(18)13-15-7-3-2-4-8-15/h5-6,9,12,15,17H,2-4,7-8,10-11,13,18H2,1H3. The maximum absolute atomic E-state index is 6.29. The second-order valence-electron chi connectivity index (χ2n) is 6.03. The molecule has 18 heavy (non-hydrogen) atoms. The van der Waals surface area contributed by atoms with Crippen LogP contribution in [-0.2, 0) is 6.42 Å². The van der Waals surface area contributed by atoms with Gasteiger partial charge in [-0.2, -0.15) is 0 Å². The molecule has 1 aromatic carbocycles. The lowest BCUT2D eigenvalue weighted by atomic mass is 9.84. The van der Waals surface area contributed by atoms with E-state index in [0.717, 1.165) is 18.8 Å². The van der Waals surface area contributed by atoms with Gasteiger partial charge < -0.3 is 5.73 Å². The number of rotatable bonds is 5. The Bertz CT molecular complexity index is 352. The van der Waals surface area contributed by atoms with Crippen molar-refractivity contribution < 1.29 is 0 Å². The van der Waals surface area contributed by atoms with Crippen LogP contribution in [0, 0.1) is 12.8 Å². The first-order valence-corrected chi connectivity index (χ1v) is 7.55. The van der Waals surface area contributed by atoms with Crippen molar-refractivity contribution in [2.45, 2.75) is 64.3 Å². The average molecular weight is 245 g/mol. The zero-order valence-electron chi connectivity index (χ0n) is 11.7. The van der Waals surface area contributed by atoms with Crippen LogP contribution < -0.4 is 5.73 Å². The van der Waals surface area contributed by atoms with Gasteiger partial charge >= 0.3 is 0 Å². The minimum atomic E-state index is 0.397. The smallest absolute Gasteiger partial charge is 0.00446 e. The van der Waals surface area contributed by atoms with E-state index in [1.165, 1.54) is 49.7 Å². The van der Waals surface area contributed by atoms with Gasteiger partial charge in [-0.05, 0) is 37.7 Å². The summed E-state index contributed by atoms with van der Waals surface area (Å²) < 4.78 is 0. The monoisotopic (exact) mass is 245 g/mol. The molecule has 0 bridgehead atoms. The number of hydrogen-bond acceptors (Lipinski definition) is 1. The summed E-state index contributed by atoms with van der Waals surface area (Å²) in [6.45, 7) is 2.16. The van der Waals surface area contributed by atoms with Crippen molar-refractivity contribution in [3.63, 3.8) is 0 Å². The molecule has 0 spiro atoms.